The monoisotopic (exact) mass is 492 g/mol. The Hall–Kier alpha value is -3.78. The van der Waals surface area contributed by atoms with Gasteiger partial charge in [0.2, 0.25) is 5.89 Å². The quantitative estimate of drug-likeness (QED) is 0.295. The SMILES string of the molecule is CCOc1ccc(-c2nc(CN(c3ccc(OC)cc3)S(=O)(=O)c3ccccc3C)c(C)o2)cc1. The van der Waals surface area contributed by atoms with Crippen LogP contribution in [0.3, 0.4) is 0 Å². The molecule has 8 heteroatoms. The molecule has 4 rings (SSSR count). The van der Waals surface area contributed by atoms with Gasteiger partial charge < -0.3 is 13.9 Å². The fraction of sp³-hybridized carbons (Fsp3) is 0.222. The average Bonchev–Trinajstić information content (AvgIpc) is 3.23. The first-order valence-corrected chi connectivity index (χ1v) is 12.7. The fourth-order valence-electron chi connectivity index (χ4n) is 3.72. The van der Waals surface area contributed by atoms with Gasteiger partial charge in [-0.15, -0.1) is 0 Å². The Morgan fingerprint density at radius 3 is 2.20 bits per heavy atom. The topological polar surface area (TPSA) is 81.9 Å². The molecule has 0 aliphatic rings. The summed E-state index contributed by atoms with van der Waals surface area (Å²) in [5, 5.41) is 0. The lowest BCUT2D eigenvalue weighted by Gasteiger charge is -2.25. The number of aryl methyl sites for hydroxylation is 2. The molecule has 0 saturated heterocycles. The van der Waals surface area contributed by atoms with E-state index in [1.54, 1.807) is 63.4 Å². The van der Waals surface area contributed by atoms with Crippen molar-refractivity contribution < 1.29 is 22.3 Å². The number of hydrogen-bond acceptors (Lipinski definition) is 6. The van der Waals surface area contributed by atoms with Gasteiger partial charge in [0.05, 0.1) is 30.8 Å². The molecule has 0 fully saturated rings. The van der Waals surface area contributed by atoms with E-state index in [0.717, 1.165) is 11.3 Å². The van der Waals surface area contributed by atoms with Crippen molar-refractivity contribution >= 4 is 15.7 Å². The van der Waals surface area contributed by atoms with Gasteiger partial charge in [-0.3, -0.25) is 4.31 Å². The summed E-state index contributed by atoms with van der Waals surface area (Å²) >= 11 is 0. The van der Waals surface area contributed by atoms with Gasteiger partial charge >= 0.3 is 0 Å². The standard InChI is InChI=1S/C27H28N2O5S/c1-5-33-24-14-10-21(11-15-24)27-28-25(20(3)34-27)18-29(22-12-16-23(32-4)17-13-22)35(30,31)26-9-7-6-8-19(26)2/h6-17H,5,18H2,1-4H3. The molecule has 1 heterocycles. The number of sulfonamides is 1. The summed E-state index contributed by atoms with van der Waals surface area (Å²) in [6, 6.07) is 21.3. The van der Waals surface area contributed by atoms with Gasteiger partial charge in [-0.25, -0.2) is 13.4 Å². The Morgan fingerprint density at radius 2 is 1.57 bits per heavy atom. The third-order valence-corrected chi connectivity index (χ3v) is 7.55. The number of anilines is 1. The van der Waals surface area contributed by atoms with Crippen molar-refractivity contribution in [2.45, 2.75) is 32.2 Å². The molecular formula is C27H28N2O5S. The van der Waals surface area contributed by atoms with Gasteiger partial charge in [0, 0.05) is 5.56 Å². The predicted octanol–water partition coefficient (Wildman–Crippen LogP) is 5.76. The number of benzene rings is 3. The third kappa shape index (κ3) is 5.17. The maximum atomic E-state index is 13.8. The lowest BCUT2D eigenvalue weighted by atomic mass is 10.2. The molecular weight excluding hydrogens is 464 g/mol. The minimum absolute atomic E-state index is 0.00928. The molecule has 0 aliphatic heterocycles. The van der Waals surface area contributed by atoms with Gasteiger partial charge in [0.25, 0.3) is 10.0 Å². The van der Waals surface area contributed by atoms with Crippen molar-refractivity contribution in [1.29, 1.82) is 0 Å². The lowest BCUT2D eigenvalue weighted by Crippen LogP contribution is -2.31. The molecule has 0 unspecified atom stereocenters. The molecule has 0 N–H and O–H groups in total. The summed E-state index contributed by atoms with van der Waals surface area (Å²) in [6.45, 7) is 6.09. The Bertz CT molecular complexity index is 1390. The van der Waals surface area contributed by atoms with Crippen LogP contribution in [0.25, 0.3) is 11.5 Å². The molecule has 0 amide bonds. The summed E-state index contributed by atoms with van der Waals surface area (Å²) in [5.41, 5.74) is 2.47. The van der Waals surface area contributed by atoms with E-state index >= 15 is 0 Å². The van der Waals surface area contributed by atoms with Crippen LogP contribution in [-0.4, -0.2) is 27.1 Å². The van der Waals surface area contributed by atoms with Crippen LogP contribution in [0.15, 0.2) is 82.1 Å². The van der Waals surface area contributed by atoms with Crippen LogP contribution >= 0.6 is 0 Å². The molecule has 0 atom stereocenters. The van der Waals surface area contributed by atoms with E-state index in [0.29, 0.717) is 41.0 Å². The first kappa shape index (κ1) is 24.3. The predicted molar refractivity (Wildman–Crippen MR) is 135 cm³/mol. The van der Waals surface area contributed by atoms with Crippen LogP contribution in [0.5, 0.6) is 11.5 Å². The maximum Gasteiger partial charge on any atom is 0.264 e. The fourth-order valence-corrected chi connectivity index (χ4v) is 5.38. The summed E-state index contributed by atoms with van der Waals surface area (Å²) in [7, 11) is -2.32. The first-order valence-electron chi connectivity index (χ1n) is 11.3. The normalized spacial score (nSPS) is 11.3. The number of hydrogen-bond donors (Lipinski definition) is 0. The second kappa shape index (κ2) is 10.2. The second-order valence-electron chi connectivity index (χ2n) is 7.95. The molecule has 3 aromatic carbocycles. The van der Waals surface area contributed by atoms with E-state index in [-0.39, 0.29) is 11.4 Å². The maximum absolute atomic E-state index is 13.8. The highest BCUT2D eigenvalue weighted by Crippen LogP contribution is 2.31. The zero-order chi connectivity index (χ0) is 25.0. The Balaban J connectivity index is 1.73. The van der Waals surface area contributed by atoms with Crippen LogP contribution in [0.1, 0.15) is 23.9 Å². The van der Waals surface area contributed by atoms with E-state index in [4.69, 9.17) is 13.9 Å². The van der Waals surface area contributed by atoms with Gasteiger partial charge in [-0.1, -0.05) is 18.2 Å². The third-order valence-electron chi connectivity index (χ3n) is 5.62. The van der Waals surface area contributed by atoms with Crippen molar-refractivity contribution in [3.63, 3.8) is 0 Å². The van der Waals surface area contributed by atoms with Gasteiger partial charge in [-0.05, 0) is 80.9 Å². The largest absolute Gasteiger partial charge is 0.497 e. The number of nitrogens with zero attached hydrogens (tertiary/aromatic N) is 2. The summed E-state index contributed by atoms with van der Waals surface area (Å²) in [6.07, 6.45) is 0. The van der Waals surface area contributed by atoms with Crippen LogP contribution in [0.2, 0.25) is 0 Å². The zero-order valence-electron chi connectivity index (χ0n) is 20.2. The van der Waals surface area contributed by atoms with E-state index in [1.165, 1.54) is 4.31 Å². The van der Waals surface area contributed by atoms with Gasteiger partial charge in [0.15, 0.2) is 0 Å². The zero-order valence-corrected chi connectivity index (χ0v) is 21.0. The van der Waals surface area contributed by atoms with Crippen LogP contribution in [0, 0.1) is 13.8 Å². The molecule has 182 valence electrons. The number of aromatic nitrogens is 1. The van der Waals surface area contributed by atoms with E-state index in [1.807, 2.05) is 37.3 Å². The summed E-state index contributed by atoms with van der Waals surface area (Å²) < 4.78 is 45.7. The first-order chi connectivity index (χ1) is 16.8. The van der Waals surface area contributed by atoms with E-state index < -0.39 is 10.0 Å². The summed E-state index contributed by atoms with van der Waals surface area (Å²) in [5.74, 6) is 2.36. The Labute approximate surface area is 206 Å². The molecule has 7 nitrogen and oxygen atoms in total. The molecule has 0 bridgehead atoms. The number of oxazole rings is 1. The minimum atomic E-state index is -3.89. The highest BCUT2D eigenvalue weighted by Gasteiger charge is 2.28. The molecule has 0 radical (unpaired) electrons. The average molecular weight is 493 g/mol. The molecule has 1 aromatic heterocycles. The van der Waals surface area contributed by atoms with E-state index in [2.05, 4.69) is 4.98 Å². The number of methoxy groups -OCH3 is 1. The highest BCUT2D eigenvalue weighted by atomic mass is 32.2. The minimum Gasteiger partial charge on any atom is -0.497 e. The van der Waals surface area contributed by atoms with Crippen LogP contribution in [0.4, 0.5) is 5.69 Å². The van der Waals surface area contributed by atoms with Crippen molar-refractivity contribution in [2.75, 3.05) is 18.0 Å². The second-order valence-corrected chi connectivity index (χ2v) is 9.79. The van der Waals surface area contributed by atoms with Crippen LogP contribution in [-0.2, 0) is 16.6 Å². The lowest BCUT2D eigenvalue weighted by molar-refractivity contribution is 0.340. The smallest absolute Gasteiger partial charge is 0.264 e. The summed E-state index contributed by atoms with van der Waals surface area (Å²) in [4.78, 5) is 4.89. The molecule has 0 saturated carbocycles. The van der Waals surface area contributed by atoms with E-state index in [9.17, 15) is 8.42 Å². The molecule has 0 spiro atoms. The Kier molecular flexibility index (Phi) is 7.12. The van der Waals surface area contributed by atoms with Crippen molar-refractivity contribution in [3.05, 3.63) is 89.8 Å². The molecule has 35 heavy (non-hydrogen) atoms. The van der Waals surface area contributed by atoms with Gasteiger partial charge in [-0.2, -0.15) is 0 Å². The molecule has 4 aromatic rings. The van der Waals surface area contributed by atoms with Gasteiger partial charge in [0.1, 0.15) is 23.0 Å². The number of ether oxygens (including phenoxy) is 2. The Morgan fingerprint density at radius 1 is 0.914 bits per heavy atom. The van der Waals surface area contributed by atoms with Crippen molar-refractivity contribution in [2.24, 2.45) is 0 Å². The molecule has 0 aliphatic carbocycles. The van der Waals surface area contributed by atoms with Crippen molar-refractivity contribution in [3.8, 4) is 23.0 Å². The van der Waals surface area contributed by atoms with Crippen molar-refractivity contribution in [1.82, 2.24) is 4.98 Å². The van der Waals surface area contributed by atoms with Crippen LogP contribution < -0.4 is 13.8 Å². The highest BCUT2D eigenvalue weighted by molar-refractivity contribution is 7.92. The number of rotatable bonds is 9.